The van der Waals surface area contributed by atoms with Crippen LogP contribution >= 0.6 is 27.5 Å². The summed E-state index contributed by atoms with van der Waals surface area (Å²) in [7, 11) is 0. The molecule has 0 saturated heterocycles. The molecule has 2 N–H and O–H groups in total. The number of carbonyl (C=O) groups excluding carboxylic acids is 1. The molecule has 0 atom stereocenters. The van der Waals surface area contributed by atoms with E-state index in [9.17, 15) is 9.59 Å². The predicted octanol–water partition coefficient (Wildman–Crippen LogP) is 3.45. The molecule has 2 aromatic rings. The number of nitrogens with zero attached hydrogens (tertiary/aromatic N) is 1. The number of carbonyl (C=O) groups is 2. The molecule has 0 aliphatic rings. The highest BCUT2D eigenvalue weighted by Crippen LogP contribution is 2.22. The lowest BCUT2D eigenvalue weighted by molar-refractivity contribution is 0.0698. The molecule has 0 spiro atoms. The predicted molar refractivity (Wildman–Crippen MR) is 78.3 cm³/mol. The fourth-order valence-corrected chi connectivity index (χ4v) is 2.07. The van der Waals surface area contributed by atoms with Crippen molar-refractivity contribution in [1.82, 2.24) is 4.98 Å². The third kappa shape index (κ3) is 3.34. The minimum absolute atomic E-state index is 0.0364. The number of carboxylic acid groups (broad SMARTS) is 1. The van der Waals surface area contributed by atoms with Crippen LogP contribution in [0.5, 0.6) is 0 Å². The van der Waals surface area contributed by atoms with Gasteiger partial charge in [-0.15, -0.1) is 0 Å². The third-order valence-electron chi connectivity index (χ3n) is 2.43. The Morgan fingerprint density at radius 3 is 2.65 bits per heavy atom. The van der Waals surface area contributed by atoms with Crippen molar-refractivity contribution in [3.05, 3.63) is 57.3 Å². The Bertz CT molecular complexity index is 691. The number of carboxylic acids is 1. The molecule has 0 radical (unpaired) electrons. The first-order valence-corrected chi connectivity index (χ1v) is 6.59. The number of rotatable bonds is 3. The molecule has 1 heterocycles. The van der Waals surface area contributed by atoms with Crippen LogP contribution in [-0.4, -0.2) is 22.0 Å². The number of hydrogen-bond donors (Lipinski definition) is 2. The molecule has 20 heavy (non-hydrogen) atoms. The maximum atomic E-state index is 12.0. The van der Waals surface area contributed by atoms with Gasteiger partial charge in [-0.25, -0.2) is 4.79 Å². The smallest absolute Gasteiger partial charge is 0.337 e. The van der Waals surface area contributed by atoms with E-state index in [1.54, 1.807) is 12.3 Å². The van der Waals surface area contributed by atoms with Crippen LogP contribution in [0.2, 0.25) is 5.02 Å². The zero-order chi connectivity index (χ0) is 14.7. The second kappa shape index (κ2) is 6.02. The molecule has 0 aliphatic carbocycles. The topological polar surface area (TPSA) is 79.3 Å². The Kier molecular flexibility index (Phi) is 4.36. The Labute approximate surface area is 127 Å². The summed E-state index contributed by atoms with van der Waals surface area (Å²) in [6.07, 6.45) is 2.92. The Morgan fingerprint density at radius 1 is 1.25 bits per heavy atom. The van der Waals surface area contributed by atoms with E-state index in [4.69, 9.17) is 16.7 Å². The summed E-state index contributed by atoms with van der Waals surface area (Å²) >= 11 is 9.02. The minimum Gasteiger partial charge on any atom is -0.478 e. The van der Waals surface area contributed by atoms with Crippen molar-refractivity contribution in [3.63, 3.8) is 0 Å². The van der Waals surface area contributed by atoms with Crippen LogP contribution in [0.4, 0.5) is 5.69 Å². The molecule has 0 bridgehead atoms. The molecule has 0 fully saturated rings. The summed E-state index contributed by atoms with van der Waals surface area (Å²) in [4.78, 5) is 27.0. The zero-order valence-electron chi connectivity index (χ0n) is 9.93. The van der Waals surface area contributed by atoms with Gasteiger partial charge in [0.15, 0.2) is 0 Å². The fourth-order valence-electron chi connectivity index (χ4n) is 1.54. The summed E-state index contributed by atoms with van der Waals surface area (Å²) in [5.41, 5.74) is 0.399. The minimum atomic E-state index is -1.15. The first kappa shape index (κ1) is 14.5. The van der Waals surface area contributed by atoms with Crippen molar-refractivity contribution < 1.29 is 14.7 Å². The van der Waals surface area contributed by atoms with E-state index < -0.39 is 11.9 Å². The van der Waals surface area contributed by atoms with E-state index in [0.29, 0.717) is 15.1 Å². The molecule has 0 aliphatic heterocycles. The maximum absolute atomic E-state index is 12.0. The lowest BCUT2D eigenvalue weighted by atomic mass is 10.1. The number of halogens is 2. The Morgan fingerprint density at radius 2 is 2.00 bits per heavy atom. The maximum Gasteiger partial charge on any atom is 0.337 e. The molecule has 102 valence electrons. The summed E-state index contributed by atoms with van der Waals surface area (Å²) in [5.74, 6) is -1.62. The van der Waals surface area contributed by atoms with Gasteiger partial charge in [0.25, 0.3) is 5.91 Å². The van der Waals surface area contributed by atoms with Gasteiger partial charge in [0.2, 0.25) is 0 Å². The van der Waals surface area contributed by atoms with Crippen molar-refractivity contribution >= 4 is 45.1 Å². The van der Waals surface area contributed by atoms with Gasteiger partial charge >= 0.3 is 5.97 Å². The number of nitrogens with one attached hydrogen (secondary N) is 1. The summed E-state index contributed by atoms with van der Waals surface area (Å²) in [6.45, 7) is 0. The van der Waals surface area contributed by atoms with Crippen LogP contribution in [0.1, 0.15) is 20.7 Å². The average molecular weight is 356 g/mol. The van der Waals surface area contributed by atoms with Crippen molar-refractivity contribution in [1.29, 1.82) is 0 Å². The van der Waals surface area contributed by atoms with E-state index in [1.165, 1.54) is 24.4 Å². The SMILES string of the molecule is O=C(Nc1cc(Cl)ccc1C(=O)O)c1cncc(Br)c1. The van der Waals surface area contributed by atoms with Crippen LogP contribution in [-0.2, 0) is 0 Å². The summed E-state index contributed by atoms with van der Waals surface area (Å²) in [6, 6.07) is 5.74. The summed E-state index contributed by atoms with van der Waals surface area (Å²) < 4.78 is 0.648. The zero-order valence-corrected chi connectivity index (χ0v) is 12.3. The van der Waals surface area contributed by atoms with E-state index in [1.807, 2.05) is 0 Å². The number of anilines is 1. The number of aromatic carboxylic acids is 1. The molecule has 2 rings (SSSR count). The fraction of sp³-hybridized carbons (Fsp3) is 0. The van der Waals surface area contributed by atoms with Gasteiger partial charge < -0.3 is 10.4 Å². The van der Waals surface area contributed by atoms with Crippen molar-refractivity contribution in [2.24, 2.45) is 0 Å². The van der Waals surface area contributed by atoms with Gasteiger partial charge in [0.1, 0.15) is 0 Å². The van der Waals surface area contributed by atoms with E-state index in [2.05, 4.69) is 26.2 Å². The van der Waals surface area contributed by atoms with Gasteiger partial charge in [0, 0.05) is 21.9 Å². The van der Waals surface area contributed by atoms with Gasteiger partial charge in [-0.1, -0.05) is 11.6 Å². The third-order valence-corrected chi connectivity index (χ3v) is 3.10. The molecule has 1 aromatic heterocycles. The highest BCUT2D eigenvalue weighted by molar-refractivity contribution is 9.10. The quantitative estimate of drug-likeness (QED) is 0.884. The van der Waals surface area contributed by atoms with Crippen LogP contribution in [0, 0.1) is 0 Å². The van der Waals surface area contributed by atoms with Crippen LogP contribution in [0.25, 0.3) is 0 Å². The van der Waals surface area contributed by atoms with Crippen LogP contribution in [0.3, 0.4) is 0 Å². The number of aromatic nitrogens is 1. The number of pyridine rings is 1. The van der Waals surface area contributed by atoms with E-state index in [0.717, 1.165) is 0 Å². The molecular formula is C13H8BrClN2O3. The van der Waals surface area contributed by atoms with Crippen molar-refractivity contribution in [2.75, 3.05) is 5.32 Å². The first-order chi connectivity index (χ1) is 9.47. The first-order valence-electron chi connectivity index (χ1n) is 5.42. The van der Waals surface area contributed by atoms with Crippen molar-refractivity contribution in [2.45, 2.75) is 0 Å². The van der Waals surface area contributed by atoms with Gasteiger partial charge in [-0.2, -0.15) is 0 Å². The lowest BCUT2D eigenvalue weighted by Crippen LogP contribution is -2.15. The van der Waals surface area contributed by atoms with Gasteiger partial charge in [0.05, 0.1) is 16.8 Å². The molecule has 1 amide bonds. The highest BCUT2D eigenvalue weighted by Gasteiger charge is 2.14. The molecular weight excluding hydrogens is 348 g/mol. The van der Waals surface area contributed by atoms with E-state index in [-0.39, 0.29) is 11.3 Å². The molecule has 1 aromatic carbocycles. The van der Waals surface area contributed by atoms with Crippen LogP contribution in [0.15, 0.2) is 41.1 Å². The Balaban J connectivity index is 2.32. The monoisotopic (exact) mass is 354 g/mol. The lowest BCUT2D eigenvalue weighted by Gasteiger charge is -2.09. The Hall–Kier alpha value is -1.92. The molecule has 5 nitrogen and oxygen atoms in total. The molecule has 0 saturated carbocycles. The van der Waals surface area contributed by atoms with Crippen LogP contribution < -0.4 is 5.32 Å². The van der Waals surface area contributed by atoms with E-state index >= 15 is 0 Å². The van der Waals surface area contributed by atoms with Gasteiger partial charge in [-0.3, -0.25) is 9.78 Å². The van der Waals surface area contributed by atoms with Gasteiger partial charge in [-0.05, 0) is 40.2 Å². The molecule has 0 unspecified atom stereocenters. The number of benzene rings is 1. The second-order valence-electron chi connectivity index (χ2n) is 3.84. The molecule has 7 heteroatoms. The average Bonchev–Trinajstić information content (AvgIpc) is 2.38. The highest BCUT2D eigenvalue weighted by atomic mass is 79.9. The summed E-state index contributed by atoms with van der Waals surface area (Å²) in [5, 5.41) is 11.9. The number of amides is 1. The normalized spacial score (nSPS) is 10.1. The van der Waals surface area contributed by atoms with Crippen molar-refractivity contribution in [3.8, 4) is 0 Å². The number of hydrogen-bond acceptors (Lipinski definition) is 3. The second-order valence-corrected chi connectivity index (χ2v) is 5.19. The standard InChI is InChI=1S/C13H8BrClN2O3/c14-8-3-7(5-16-6-8)12(18)17-11-4-9(15)1-2-10(11)13(19)20/h1-6H,(H,17,18)(H,19,20). The largest absolute Gasteiger partial charge is 0.478 e.